The second-order valence-corrected chi connectivity index (χ2v) is 5.80. The molecule has 0 saturated carbocycles. The first kappa shape index (κ1) is 17.4. The van der Waals surface area contributed by atoms with Crippen molar-refractivity contribution in [1.82, 2.24) is 9.97 Å². The first-order chi connectivity index (χ1) is 12.6. The molecule has 0 aliphatic rings. The van der Waals surface area contributed by atoms with Crippen molar-refractivity contribution < 1.29 is 9.13 Å². The van der Waals surface area contributed by atoms with Crippen LogP contribution in [0.2, 0.25) is 0 Å². The molecule has 3 aromatic rings. The van der Waals surface area contributed by atoms with E-state index in [4.69, 9.17) is 4.74 Å². The number of benzene rings is 1. The molecule has 2 aromatic heterocycles. The number of hydrogen-bond donors (Lipinski definition) is 1. The minimum absolute atomic E-state index is 0.364. The van der Waals surface area contributed by atoms with Crippen LogP contribution in [0.15, 0.2) is 48.7 Å². The summed E-state index contributed by atoms with van der Waals surface area (Å²) in [5, 5.41) is 12.5. The minimum Gasteiger partial charge on any atom is -0.439 e. The molecule has 26 heavy (non-hydrogen) atoms. The van der Waals surface area contributed by atoms with Crippen LogP contribution in [0, 0.1) is 31.0 Å². The number of halogens is 1. The molecule has 5 nitrogen and oxygen atoms in total. The number of aryl methyl sites for hydroxylation is 2. The quantitative estimate of drug-likeness (QED) is 0.734. The van der Waals surface area contributed by atoms with Crippen molar-refractivity contribution in [1.29, 1.82) is 5.26 Å². The number of nitrogens with zero attached hydrogens (tertiary/aromatic N) is 3. The highest BCUT2D eigenvalue weighted by atomic mass is 19.1. The van der Waals surface area contributed by atoms with Gasteiger partial charge in [-0.1, -0.05) is 12.1 Å². The largest absolute Gasteiger partial charge is 0.439 e. The molecule has 3 rings (SSSR count). The van der Waals surface area contributed by atoms with Gasteiger partial charge in [-0.25, -0.2) is 14.4 Å². The summed E-state index contributed by atoms with van der Waals surface area (Å²) in [6.45, 7) is 4.12. The fraction of sp³-hybridized carbons (Fsp3) is 0.150. The van der Waals surface area contributed by atoms with Crippen molar-refractivity contribution in [2.45, 2.75) is 20.4 Å². The van der Waals surface area contributed by atoms with Crippen molar-refractivity contribution in [3.63, 3.8) is 0 Å². The monoisotopic (exact) mass is 348 g/mol. The predicted octanol–water partition coefficient (Wildman–Crippen LogP) is 4.51. The highest BCUT2D eigenvalue weighted by molar-refractivity contribution is 5.56. The maximum Gasteiger partial charge on any atom is 0.224 e. The van der Waals surface area contributed by atoms with Gasteiger partial charge in [-0.3, -0.25) is 0 Å². The molecule has 0 aliphatic heterocycles. The van der Waals surface area contributed by atoms with E-state index < -0.39 is 0 Å². The third-order valence-electron chi connectivity index (χ3n) is 3.76. The molecule has 0 fully saturated rings. The van der Waals surface area contributed by atoms with Gasteiger partial charge in [0.1, 0.15) is 23.5 Å². The standard InChI is InChI=1S/C20H17FN4O/c1-13-9-14(2)25-19(18(13)11-22)24-12-15-5-4-8-23-20(15)26-17-7-3-6-16(21)10-17/h3-10H,12H2,1-2H3,(H,24,25). The third-order valence-corrected chi connectivity index (χ3v) is 3.76. The Kier molecular flexibility index (Phi) is 5.09. The maximum atomic E-state index is 13.3. The Bertz CT molecular complexity index is 982. The van der Waals surface area contributed by atoms with E-state index in [0.29, 0.717) is 29.6 Å². The highest BCUT2D eigenvalue weighted by Gasteiger charge is 2.11. The zero-order chi connectivity index (χ0) is 18.5. The van der Waals surface area contributed by atoms with E-state index in [1.807, 2.05) is 26.0 Å². The van der Waals surface area contributed by atoms with Gasteiger partial charge in [0.2, 0.25) is 5.88 Å². The van der Waals surface area contributed by atoms with E-state index in [-0.39, 0.29) is 5.82 Å². The van der Waals surface area contributed by atoms with Gasteiger partial charge in [0.05, 0.1) is 5.56 Å². The SMILES string of the molecule is Cc1cc(C)c(C#N)c(NCc2cccnc2Oc2cccc(F)c2)n1. The van der Waals surface area contributed by atoms with Crippen molar-refractivity contribution in [2.75, 3.05) is 5.32 Å². The van der Waals surface area contributed by atoms with Crippen LogP contribution in [0.1, 0.15) is 22.4 Å². The molecule has 6 heteroatoms. The summed E-state index contributed by atoms with van der Waals surface area (Å²) in [7, 11) is 0. The molecule has 0 amide bonds. The van der Waals surface area contributed by atoms with Gasteiger partial charge in [0.25, 0.3) is 0 Å². The fourth-order valence-electron chi connectivity index (χ4n) is 2.58. The van der Waals surface area contributed by atoms with E-state index in [9.17, 15) is 9.65 Å². The predicted molar refractivity (Wildman–Crippen MR) is 96.5 cm³/mol. The van der Waals surface area contributed by atoms with Gasteiger partial charge < -0.3 is 10.1 Å². The summed E-state index contributed by atoms with van der Waals surface area (Å²) >= 11 is 0. The second-order valence-electron chi connectivity index (χ2n) is 5.80. The fourth-order valence-corrected chi connectivity index (χ4v) is 2.58. The Morgan fingerprint density at radius 1 is 1.19 bits per heavy atom. The topological polar surface area (TPSA) is 70.8 Å². The normalized spacial score (nSPS) is 10.2. The molecule has 0 saturated heterocycles. The Hall–Kier alpha value is -3.46. The summed E-state index contributed by atoms with van der Waals surface area (Å²) in [6.07, 6.45) is 1.61. The summed E-state index contributed by atoms with van der Waals surface area (Å²) in [5.74, 6) is 0.877. The first-order valence-electron chi connectivity index (χ1n) is 8.06. The zero-order valence-corrected chi connectivity index (χ0v) is 14.5. The smallest absolute Gasteiger partial charge is 0.224 e. The van der Waals surface area contributed by atoms with Gasteiger partial charge in [-0.15, -0.1) is 0 Å². The summed E-state index contributed by atoms with van der Waals surface area (Å²) < 4.78 is 19.1. The summed E-state index contributed by atoms with van der Waals surface area (Å²) in [5.41, 5.74) is 2.96. The molecule has 130 valence electrons. The molecule has 1 N–H and O–H groups in total. The van der Waals surface area contributed by atoms with Crippen LogP contribution in [0.5, 0.6) is 11.6 Å². The van der Waals surface area contributed by atoms with Crippen molar-refractivity contribution in [3.8, 4) is 17.7 Å². The molecule has 0 radical (unpaired) electrons. The van der Waals surface area contributed by atoms with E-state index in [1.165, 1.54) is 12.1 Å². The number of nitriles is 1. The number of pyridine rings is 2. The Labute approximate surface area is 151 Å². The summed E-state index contributed by atoms with van der Waals surface area (Å²) in [4.78, 5) is 8.62. The van der Waals surface area contributed by atoms with Gasteiger partial charge in [-0.05, 0) is 43.7 Å². The number of hydrogen-bond acceptors (Lipinski definition) is 5. The molecule has 0 bridgehead atoms. The number of nitrogens with one attached hydrogen (secondary N) is 1. The number of ether oxygens (including phenoxy) is 1. The van der Waals surface area contributed by atoms with Crippen molar-refractivity contribution in [2.24, 2.45) is 0 Å². The number of anilines is 1. The van der Waals surface area contributed by atoms with E-state index in [2.05, 4.69) is 21.4 Å². The first-order valence-corrected chi connectivity index (χ1v) is 8.06. The van der Waals surface area contributed by atoms with E-state index in [1.54, 1.807) is 24.4 Å². The average molecular weight is 348 g/mol. The van der Waals surface area contributed by atoms with E-state index >= 15 is 0 Å². The van der Waals surface area contributed by atoms with Crippen LogP contribution in [-0.2, 0) is 6.54 Å². The summed E-state index contributed by atoms with van der Waals surface area (Å²) in [6, 6.07) is 13.6. The van der Waals surface area contributed by atoms with Gasteiger partial charge >= 0.3 is 0 Å². The van der Waals surface area contributed by atoms with Crippen molar-refractivity contribution >= 4 is 5.82 Å². The number of aromatic nitrogens is 2. The molecule has 2 heterocycles. The molecule has 0 aliphatic carbocycles. The lowest BCUT2D eigenvalue weighted by Gasteiger charge is -2.13. The Balaban J connectivity index is 1.83. The number of rotatable bonds is 5. The second kappa shape index (κ2) is 7.62. The Morgan fingerprint density at radius 3 is 2.81 bits per heavy atom. The molecule has 0 spiro atoms. The highest BCUT2D eigenvalue weighted by Crippen LogP contribution is 2.25. The Morgan fingerprint density at radius 2 is 2.04 bits per heavy atom. The lowest BCUT2D eigenvalue weighted by molar-refractivity contribution is 0.452. The van der Waals surface area contributed by atoms with Crippen LogP contribution in [-0.4, -0.2) is 9.97 Å². The lowest BCUT2D eigenvalue weighted by atomic mass is 10.1. The van der Waals surface area contributed by atoms with Crippen molar-refractivity contribution in [3.05, 3.63) is 76.9 Å². The minimum atomic E-state index is -0.379. The van der Waals surface area contributed by atoms with Gasteiger partial charge in [-0.2, -0.15) is 5.26 Å². The van der Waals surface area contributed by atoms with Crippen LogP contribution in [0.4, 0.5) is 10.2 Å². The maximum absolute atomic E-state index is 13.3. The van der Waals surface area contributed by atoms with Crippen LogP contribution >= 0.6 is 0 Å². The molecular formula is C20H17FN4O. The van der Waals surface area contributed by atoms with Crippen LogP contribution in [0.3, 0.4) is 0 Å². The van der Waals surface area contributed by atoms with Crippen LogP contribution < -0.4 is 10.1 Å². The molecule has 0 atom stereocenters. The average Bonchev–Trinajstić information content (AvgIpc) is 2.60. The molecule has 0 unspecified atom stereocenters. The molecular weight excluding hydrogens is 331 g/mol. The van der Waals surface area contributed by atoms with Crippen LogP contribution in [0.25, 0.3) is 0 Å². The zero-order valence-electron chi connectivity index (χ0n) is 14.5. The van der Waals surface area contributed by atoms with Gasteiger partial charge in [0.15, 0.2) is 0 Å². The molecule has 1 aromatic carbocycles. The van der Waals surface area contributed by atoms with Gasteiger partial charge in [0, 0.05) is 30.1 Å². The van der Waals surface area contributed by atoms with E-state index in [0.717, 1.165) is 16.8 Å². The third kappa shape index (κ3) is 3.95. The lowest BCUT2D eigenvalue weighted by Crippen LogP contribution is -2.07.